The third-order valence-electron chi connectivity index (χ3n) is 4.70. The number of hydrogen-bond acceptors (Lipinski definition) is 3. The largest absolute Gasteiger partial charge is 0.496 e. The van der Waals surface area contributed by atoms with Gasteiger partial charge in [0.15, 0.2) is 0 Å². The van der Waals surface area contributed by atoms with Crippen LogP contribution < -0.4 is 4.74 Å². The van der Waals surface area contributed by atoms with Crippen LogP contribution in [-0.4, -0.2) is 54.9 Å². The van der Waals surface area contributed by atoms with Crippen molar-refractivity contribution in [3.63, 3.8) is 0 Å². The molecular weight excluding hydrogens is 316 g/mol. The van der Waals surface area contributed by atoms with Crippen LogP contribution in [0.25, 0.3) is 0 Å². The number of hydrogen-bond donors (Lipinski definition) is 0. The standard InChI is InChI=1S/C20H30N2O3/c1-7-17(23)21-8-10-22(11-9-21)19(24)15-12-14(2)13-16(18(15)25-6)20(3,4)5/h12-13H,7-11H2,1-6H3. The Hall–Kier alpha value is -2.04. The molecule has 0 aromatic heterocycles. The average Bonchev–Trinajstić information content (AvgIpc) is 2.59. The second kappa shape index (κ2) is 7.46. The Bertz CT molecular complexity index is 654. The summed E-state index contributed by atoms with van der Waals surface area (Å²) >= 11 is 0. The van der Waals surface area contributed by atoms with Crippen LogP contribution in [-0.2, 0) is 10.2 Å². The molecule has 0 spiro atoms. The summed E-state index contributed by atoms with van der Waals surface area (Å²) in [7, 11) is 1.62. The average molecular weight is 346 g/mol. The topological polar surface area (TPSA) is 49.9 Å². The van der Waals surface area contributed by atoms with Crippen molar-refractivity contribution >= 4 is 11.8 Å². The van der Waals surface area contributed by atoms with E-state index in [4.69, 9.17) is 4.74 Å². The van der Waals surface area contributed by atoms with Crippen LogP contribution in [0, 0.1) is 6.92 Å². The molecule has 0 bridgehead atoms. The van der Waals surface area contributed by atoms with Crippen molar-refractivity contribution in [3.8, 4) is 5.75 Å². The number of benzene rings is 1. The molecule has 0 atom stereocenters. The quantitative estimate of drug-likeness (QED) is 0.845. The minimum Gasteiger partial charge on any atom is -0.496 e. The first kappa shape index (κ1) is 19.3. The van der Waals surface area contributed by atoms with Crippen LogP contribution in [0.2, 0.25) is 0 Å². The number of rotatable bonds is 3. The fourth-order valence-electron chi connectivity index (χ4n) is 3.26. The van der Waals surface area contributed by atoms with E-state index in [-0.39, 0.29) is 17.2 Å². The maximum Gasteiger partial charge on any atom is 0.257 e. The van der Waals surface area contributed by atoms with E-state index >= 15 is 0 Å². The van der Waals surface area contributed by atoms with Gasteiger partial charge in [0.2, 0.25) is 5.91 Å². The van der Waals surface area contributed by atoms with E-state index < -0.39 is 0 Å². The predicted molar refractivity (Wildman–Crippen MR) is 99.2 cm³/mol. The predicted octanol–water partition coefficient (Wildman–Crippen LogP) is 3.00. The molecule has 0 aliphatic carbocycles. The number of ether oxygens (including phenoxy) is 1. The lowest BCUT2D eigenvalue weighted by Crippen LogP contribution is -2.50. The zero-order chi connectivity index (χ0) is 18.8. The molecule has 0 unspecified atom stereocenters. The monoisotopic (exact) mass is 346 g/mol. The smallest absolute Gasteiger partial charge is 0.257 e. The molecule has 0 saturated carbocycles. The summed E-state index contributed by atoms with van der Waals surface area (Å²) in [6, 6.07) is 3.99. The molecule has 1 fully saturated rings. The van der Waals surface area contributed by atoms with E-state index in [1.54, 1.807) is 7.11 Å². The number of nitrogens with zero attached hydrogens (tertiary/aromatic N) is 2. The molecule has 1 aliphatic heterocycles. The summed E-state index contributed by atoms with van der Waals surface area (Å²) in [4.78, 5) is 28.6. The van der Waals surface area contributed by atoms with E-state index in [1.165, 1.54) is 0 Å². The van der Waals surface area contributed by atoms with Gasteiger partial charge < -0.3 is 14.5 Å². The van der Waals surface area contributed by atoms with Crippen LogP contribution in [0.1, 0.15) is 55.6 Å². The molecule has 0 radical (unpaired) electrons. The summed E-state index contributed by atoms with van der Waals surface area (Å²) in [5.41, 5.74) is 2.59. The second-order valence-electron chi connectivity index (χ2n) is 7.67. The van der Waals surface area contributed by atoms with E-state index in [9.17, 15) is 9.59 Å². The van der Waals surface area contributed by atoms with Crippen molar-refractivity contribution in [2.24, 2.45) is 0 Å². The number of amides is 2. The molecule has 138 valence electrons. The molecule has 1 saturated heterocycles. The lowest BCUT2D eigenvalue weighted by Gasteiger charge is -2.35. The van der Waals surface area contributed by atoms with E-state index in [1.807, 2.05) is 29.7 Å². The normalized spacial score (nSPS) is 15.3. The second-order valence-corrected chi connectivity index (χ2v) is 7.67. The fourth-order valence-corrected chi connectivity index (χ4v) is 3.26. The first-order valence-electron chi connectivity index (χ1n) is 8.95. The third kappa shape index (κ3) is 4.14. The number of piperazine rings is 1. The zero-order valence-corrected chi connectivity index (χ0v) is 16.3. The van der Waals surface area contributed by atoms with Gasteiger partial charge in [0, 0.05) is 38.2 Å². The van der Waals surface area contributed by atoms with Crippen LogP contribution in [0.5, 0.6) is 5.75 Å². The molecular formula is C20H30N2O3. The summed E-state index contributed by atoms with van der Waals surface area (Å²) in [5, 5.41) is 0. The first-order valence-corrected chi connectivity index (χ1v) is 8.95. The molecule has 1 aromatic rings. The van der Waals surface area contributed by atoms with Crippen molar-refractivity contribution in [1.82, 2.24) is 9.80 Å². The van der Waals surface area contributed by atoms with Crippen LogP contribution >= 0.6 is 0 Å². The summed E-state index contributed by atoms with van der Waals surface area (Å²) in [6.45, 7) is 12.5. The maximum absolute atomic E-state index is 13.1. The van der Waals surface area contributed by atoms with Gasteiger partial charge >= 0.3 is 0 Å². The van der Waals surface area contributed by atoms with Crippen LogP contribution in [0.15, 0.2) is 12.1 Å². The third-order valence-corrected chi connectivity index (χ3v) is 4.70. The molecule has 2 amide bonds. The highest BCUT2D eigenvalue weighted by Gasteiger charge is 2.29. The Morgan fingerprint density at radius 2 is 1.64 bits per heavy atom. The van der Waals surface area contributed by atoms with Crippen molar-refractivity contribution in [3.05, 3.63) is 28.8 Å². The molecule has 1 aliphatic rings. The van der Waals surface area contributed by atoms with Crippen LogP contribution in [0.4, 0.5) is 0 Å². The van der Waals surface area contributed by atoms with E-state index in [2.05, 4.69) is 26.8 Å². The zero-order valence-electron chi connectivity index (χ0n) is 16.3. The lowest BCUT2D eigenvalue weighted by atomic mass is 9.84. The Morgan fingerprint density at radius 3 is 2.12 bits per heavy atom. The molecule has 2 rings (SSSR count). The maximum atomic E-state index is 13.1. The summed E-state index contributed by atoms with van der Waals surface area (Å²) in [5.74, 6) is 0.792. The van der Waals surface area contributed by atoms with Gasteiger partial charge in [-0.25, -0.2) is 0 Å². The molecule has 0 N–H and O–H groups in total. The summed E-state index contributed by atoms with van der Waals surface area (Å²) < 4.78 is 5.63. The molecule has 5 heteroatoms. The fraction of sp³-hybridized carbons (Fsp3) is 0.600. The highest BCUT2D eigenvalue weighted by atomic mass is 16.5. The van der Waals surface area contributed by atoms with Crippen molar-refractivity contribution in [2.75, 3.05) is 33.3 Å². The number of methoxy groups -OCH3 is 1. The van der Waals surface area contributed by atoms with Gasteiger partial charge in [-0.3, -0.25) is 9.59 Å². The van der Waals surface area contributed by atoms with Crippen molar-refractivity contribution in [2.45, 2.75) is 46.5 Å². The number of aryl methyl sites for hydroxylation is 1. The lowest BCUT2D eigenvalue weighted by molar-refractivity contribution is -0.132. The first-order chi connectivity index (χ1) is 11.7. The van der Waals surface area contributed by atoms with Gasteiger partial charge in [-0.05, 0) is 24.0 Å². The molecule has 25 heavy (non-hydrogen) atoms. The van der Waals surface area contributed by atoms with Gasteiger partial charge in [-0.1, -0.05) is 33.8 Å². The minimum absolute atomic E-state index is 0.0188. The number of carbonyl (C=O) groups is 2. The Balaban J connectivity index is 2.28. The van der Waals surface area contributed by atoms with Gasteiger partial charge in [0.1, 0.15) is 5.75 Å². The van der Waals surface area contributed by atoms with Gasteiger partial charge in [-0.15, -0.1) is 0 Å². The van der Waals surface area contributed by atoms with Gasteiger partial charge in [-0.2, -0.15) is 0 Å². The minimum atomic E-state index is -0.112. The van der Waals surface area contributed by atoms with Gasteiger partial charge in [0.25, 0.3) is 5.91 Å². The van der Waals surface area contributed by atoms with E-state index in [0.29, 0.717) is 43.9 Å². The number of carbonyl (C=O) groups excluding carboxylic acids is 2. The van der Waals surface area contributed by atoms with Crippen LogP contribution in [0.3, 0.4) is 0 Å². The highest BCUT2D eigenvalue weighted by Crippen LogP contribution is 2.35. The Morgan fingerprint density at radius 1 is 1.08 bits per heavy atom. The summed E-state index contributed by atoms with van der Waals surface area (Å²) in [6.07, 6.45) is 0.509. The molecule has 5 nitrogen and oxygen atoms in total. The molecule has 1 heterocycles. The van der Waals surface area contributed by atoms with Crippen molar-refractivity contribution in [1.29, 1.82) is 0 Å². The SMILES string of the molecule is CCC(=O)N1CCN(C(=O)c2cc(C)cc(C(C)(C)C)c2OC)CC1. The Labute approximate surface area is 150 Å². The van der Waals surface area contributed by atoms with E-state index in [0.717, 1.165) is 11.1 Å². The van der Waals surface area contributed by atoms with Crippen molar-refractivity contribution < 1.29 is 14.3 Å². The van der Waals surface area contributed by atoms with Gasteiger partial charge in [0.05, 0.1) is 12.7 Å². The molecule has 1 aromatic carbocycles. The highest BCUT2D eigenvalue weighted by molar-refractivity contribution is 5.98. The Kier molecular flexibility index (Phi) is 5.76.